The van der Waals surface area contributed by atoms with Gasteiger partial charge in [-0.3, -0.25) is 9.71 Å². The molecule has 0 saturated heterocycles. The molecular weight excluding hydrogens is 394 g/mol. The van der Waals surface area contributed by atoms with Crippen molar-refractivity contribution in [1.82, 2.24) is 24.6 Å². The quantitative estimate of drug-likeness (QED) is 0.495. The van der Waals surface area contributed by atoms with Gasteiger partial charge in [-0.2, -0.15) is 4.98 Å². The molecule has 0 spiro atoms. The first-order chi connectivity index (χ1) is 13.9. The van der Waals surface area contributed by atoms with Crippen LogP contribution < -0.4 is 14.8 Å². The van der Waals surface area contributed by atoms with Crippen molar-refractivity contribution in [2.24, 2.45) is 0 Å². The second-order valence-electron chi connectivity index (χ2n) is 6.15. The third-order valence-electron chi connectivity index (χ3n) is 3.90. The van der Waals surface area contributed by atoms with E-state index in [1.807, 2.05) is 6.07 Å². The Kier molecular flexibility index (Phi) is 4.72. The minimum Gasteiger partial charge on any atom is -0.481 e. The van der Waals surface area contributed by atoms with E-state index in [0.717, 1.165) is 6.26 Å². The van der Waals surface area contributed by atoms with Crippen LogP contribution in [0, 0.1) is 0 Å². The molecule has 0 fully saturated rings. The summed E-state index contributed by atoms with van der Waals surface area (Å²) in [6.45, 7) is 0. The fourth-order valence-corrected chi connectivity index (χ4v) is 3.28. The van der Waals surface area contributed by atoms with Crippen molar-refractivity contribution in [3.63, 3.8) is 0 Å². The van der Waals surface area contributed by atoms with Crippen LogP contribution >= 0.6 is 0 Å². The molecule has 0 unspecified atom stereocenters. The van der Waals surface area contributed by atoms with Crippen LogP contribution in [0.4, 0.5) is 17.3 Å². The van der Waals surface area contributed by atoms with E-state index < -0.39 is 10.0 Å². The highest BCUT2D eigenvalue weighted by Crippen LogP contribution is 2.25. The van der Waals surface area contributed by atoms with Gasteiger partial charge in [0.1, 0.15) is 5.69 Å². The van der Waals surface area contributed by atoms with E-state index in [9.17, 15) is 8.42 Å². The van der Waals surface area contributed by atoms with Crippen LogP contribution in [0.25, 0.3) is 16.9 Å². The van der Waals surface area contributed by atoms with Gasteiger partial charge < -0.3 is 10.1 Å². The number of nitrogens with one attached hydrogen (secondary N) is 2. The van der Waals surface area contributed by atoms with E-state index in [4.69, 9.17) is 4.74 Å². The molecule has 0 radical (unpaired) electrons. The third-order valence-corrected chi connectivity index (χ3v) is 4.50. The summed E-state index contributed by atoms with van der Waals surface area (Å²) < 4.78 is 32.1. The number of sulfonamides is 1. The van der Waals surface area contributed by atoms with Gasteiger partial charge in [0.25, 0.3) is 0 Å². The molecule has 0 aliphatic rings. The average molecular weight is 411 g/mol. The molecule has 2 N–H and O–H groups in total. The number of rotatable bonds is 6. The first kappa shape index (κ1) is 18.6. The molecule has 0 aliphatic heterocycles. The smallest absolute Gasteiger partial charge is 0.247 e. The summed E-state index contributed by atoms with van der Waals surface area (Å²) in [4.78, 5) is 13.0. The summed E-state index contributed by atoms with van der Waals surface area (Å²) >= 11 is 0. The van der Waals surface area contributed by atoms with Crippen molar-refractivity contribution in [2.75, 3.05) is 23.4 Å². The molecule has 10 nitrogen and oxygen atoms in total. The number of pyridine rings is 1. The van der Waals surface area contributed by atoms with Gasteiger partial charge in [0, 0.05) is 29.7 Å². The lowest BCUT2D eigenvalue weighted by atomic mass is 10.1. The number of methoxy groups -OCH3 is 1. The van der Waals surface area contributed by atoms with Crippen LogP contribution in [0.3, 0.4) is 0 Å². The lowest BCUT2D eigenvalue weighted by molar-refractivity contribution is 0.398. The number of benzene rings is 1. The van der Waals surface area contributed by atoms with Gasteiger partial charge in [-0.25, -0.2) is 17.9 Å². The Morgan fingerprint density at radius 3 is 2.69 bits per heavy atom. The Hall–Kier alpha value is -3.73. The Morgan fingerprint density at radius 1 is 1.10 bits per heavy atom. The maximum Gasteiger partial charge on any atom is 0.247 e. The predicted octanol–water partition coefficient (Wildman–Crippen LogP) is 2.31. The summed E-state index contributed by atoms with van der Waals surface area (Å²) in [7, 11) is -1.83. The predicted molar refractivity (Wildman–Crippen MR) is 109 cm³/mol. The minimum absolute atomic E-state index is 0.372. The highest BCUT2D eigenvalue weighted by molar-refractivity contribution is 7.92. The number of hydrogen-bond acceptors (Lipinski definition) is 8. The summed E-state index contributed by atoms with van der Waals surface area (Å²) in [5.41, 5.74) is 2.94. The summed E-state index contributed by atoms with van der Waals surface area (Å²) in [6, 6.07) is 10.5. The van der Waals surface area contributed by atoms with Crippen molar-refractivity contribution in [2.45, 2.75) is 0 Å². The van der Waals surface area contributed by atoms with E-state index in [1.165, 1.54) is 0 Å². The van der Waals surface area contributed by atoms with Crippen LogP contribution in [-0.4, -0.2) is 46.3 Å². The largest absolute Gasteiger partial charge is 0.481 e. The second kappa shape index (κ2) is 7.36. The maximum absolute atomic E-state index is 11.5. The highest BCUT2D eigenvalue weighted by Gasteiger charge is 2.13. The van der Waals surface area contributed by atoms with E-state index in [2.05, 4.69) is 30.1 Å². The lowest BCUT2D eigenvalue weighted by Gasteiger charge is -2.06. The SMILES string of the molecule is COc1ccc(Nc2nc3c(-c4cccc(NS(C)(=O)=O)c4)nccn3n2)cn1. The Balaban J connectivity index is 1.68. The minimum atomic E-state index is -3.38. The molecule has 4 rings (SSSR count). The summed E-state index contributed by atoms with van der Waals surface area (Å²) in [5, 5.41) is 7.49. The molecule has 3 aromatic heterocycles. The normalized spacial score (nSPS) is 11.4. The standard InChI is InChI=1S/C18H17N7O3S/c1-28-15-7-6-14(11-20-15)21-18-22-17-16(19-8-9-25(17)23-18)12-4-3-5-13(10-12)24-29(2,26)27/h3-11,24H,1-2H3,(H,21,23). The Morgan fingerprint density at radius 2 is 1.97 bits per heavy atom. The zero-order valence-corrected chi connectivity index (χ0v) is 16.4. The average Bonchev–Trinajstić information content (AvgIpc) is 3.10. The van der Waals surface area contributed by atoms with E-state index in [-0.39, 0.29) is 0 Å². The van der Waals surface area contributed by atoms with Gasteiger partial charge in [0.05, 0.1) is 25.2 Å². The molecule has 0 amide bonds. The summed E-state index contributed by atoms with van der Waals surface area (Å²) in [6.07, 6.45) is 6.00. The molecular formula is C18H17N7O3S. The molecule has 0 aliphatic carbocycles. The van der Waals surface area contributed by atoms with Gasteiger partial charge in [-0.15, -0.1) is 5.10 Å². The van der Waals surface area contributed by atoms with Crippen LogP contribution in [0.2, 0.25) is 0 Å². The van der Waals surface area contributed by atoms with Crippen molar-refractivity contribution >= 4 is 33.0 Å². The van der Waals surface area contributed by atoms with E-state index in [0.29, 0.717) is 40.1 Å². The fourth-order valence-electron chi connectivity index (χ4n) is 2.72. The number of anilines is 3. The topological polar surface area (TPSA) is 123 Å². The van der Waals surface area contributed by atoms with Crippen LogP contribution in [0.1, 0.15) is 0 Å². The van der Waals surface area contributed by atoms with Crippen molar-refractivity contribution in [1.29, 1.82) is 0 Å². The van der Waals surface area contributed by atoms with Gasteiger partial charge in [-0.05, 0) is 18.2 Å². The van der Waals surface area contributed by atoms with E-state index >= 15 is 0 Å². The first-order valence-electron chi connectivity index (χ1n) is 8.48. The number of ether oxygens (including phenoxy) is 1. The molecule has 3 heterocycles. The fraction of sp³-hybridized carbons (Fsp3) is 0.111. The molecule has 29 heavy (non-hydrogen) atoms. The molecule has 11 heteroatoms. The monoisotopic (exact) mass is 411 g/mol. The number of hydrogen-bond donors (Lipinski definition) is 2. The van der Waals surface area contributed by atoms with Gasteiger partial charge in [0.15, 0.2) is 5.65 Å². The van der Waals surface area contributed by atoms with Crippen LogP contribution in [0.15, 0.2) is 55.0 Å². The first-order valence-corrected chi connectivity index (χ1v) is 10.4. The third kappa shape index (κ3) is 4.24. The zero-order valence-electron chi connectivity index (χ0n) is 15.6. The molecule has 4 aromatic rings. The molecule has 0 atom stereocenters. The van der Waals surface area contributed by atoms with Gasteiger partial charge in [0.2, 0.25) is 21.9 Å². The highest BCUT2D eigenvalue weighted by atomic mass is 32.2. The van der Waals surface area contributed by atoms with Crippen LogP contribution in [0.5, 0.6) is 5.88 Å². The second-order valence-corrected chi connectivity index (χ2v) is 7.90. The number of nitrogens with zero attached hydrogens (tertiary/aromatic N) is 5. The molecule has 0 bridgehead atoms. The van der Waals surface area contributed by atoms with E-state index in [1.54, 1.807) is 60.5 Å². The molecule has 1 aromatic carbocycles. The number of fused-ring (bicyclic) bond motifs is 1. The van der Waals surface area contributed by atoms with Crippen molar-refractivity contribution < 1.29 is 13.2 Å². The van der Waals surface area contributed by atoms with Gasteiger partial charge >= 0.3 is 0 Å². The van der Waals surface area contributed by atoms with Gasteiger partial charge in [-0.1, -0.05) is 12.1 Å². The summed E-state index contributed by atoms with van der Waals surface area (Å²) in [5.74, 6) is 0.879. The van der Waals surface area contributed by atoms with Crippen LogP contribution in [-0.2, 0) is 10.0 Å². The molecule has 148 valence electrons. The molecule has 0 saturated carbocycles. The Bertz CT molecular complexity index is 1270. The maximum atomic E-state index is 11.5. The lowest BCUT2D eigenvalue weighted by Crippen LogP contribution is -2.09. The Labute approximate surface area is 166 Å². The van der Waals surface area contributed by atoms with Crippen molar-refractivity contribution in [3.05, 3.63) is 55.0 Å². The number of aromatic nitrogens is 5. The zero-order chi connectivity index (χ0) is 20.4. The van der Waals surface area contributed by atoms with Crippen molar-refractivity contribution in [3.8, 4) is 17.1 Å².